The van der Waals surface area contributed by atoms with E-state index in [0.29, 0.717) is 5.88 Å². The molecule has 0 aromatic carbocycles. The summed E-state index contributed by atoms with van der Waals surface area (Å²) in [6.07, 6.45) is 3.95. The monoisotopic (exact) mass is 206 g/mol. The molecular formula is C5H6Cl4. The average molecular weight is 208 g/mol. The summed E-state index contributed by atoms with van der Waals surface area (Å²) < 4.78 is -1.27. The first-order valence-electron chi connectivity index (χ1n) is 2.36. The largest absolute Gasteiger partial charge is 0.209 e. The van der Waals surface area contributed by atoms with Gasteiger partial charge in [0.2, 0.25) is 3.79 Å². The van der Waals surface area contributed by atoms with E-state index in [0.717, 1.165) is 6.42 Å². The second-order valence-corrected chi connectivity index (χ2v) is 4.17. The van der Waals surface area contributed by atoms with Gasteiger partial charge in [-0.2, -0.15) is 0 Å². The van der Waals surface area contributed by atoms with Crippen LogP contribution in [0.2, 0.25) is 0 Å². The second kappa shape index (κ2) is 4.68. The molecule has 0 aromatic rings. The van der Waals surface area contributed by atoms with Crippen LogP contribution in [0.1, 0.15) is 6.42 Å². The van der Waals surface area contributed by atoms with Gasteiger partial charge in [-0.05, 0) is 12.5 Å². The Hall–Kier alpha value is 0.900. The second-order valence-electron chi connectivity index (χ2n) is 1.42. The molecule has 54 valence electrons. The Balaban J connectivity index is 3.45. The van der Waals surface area contributed by atoms with E-state index in [9.17, 15) is 0 Å². The first-order chi connectivity index (χ1) is 4.06. The van der Waals surface area contributed by atoms with Crippen LogP contribution in [0.25, 0.3) is 0 Å². The Morgan fingerprint density at radius 1 is 1.22 bits per heavy atom. The number of halogens is 4. The van der Waals surface area contributed by atoms with Crippen LogP contribution in [0.5, 0.6) is 0 Å². The smallest absolute Gasteiger partial charge is 0.126 e. The lowest BCUT2D eigenvalue weighted by molar-refractivity contribution is 1.21. The summed E-state index contributed by atoms with van der Waals surface area (Å²) in [5.41, 5.74) is 0. The van der Waals surface area contributed by atoms with E-state index >= 15 is 0 Å². The van der Waals surface area contributed by atoms with Crippen LogP contribution in [-0.4, -0.2) is 9.67 Å². The van der Waals surface area contributed by atoms with Crippen molar-refractivity contribution in [2.75, 3.05) is 5.88 Å². The zero-order chi connectivity index (χ0) is 7.33. The summed E-state index contributed by atoms with van der Waals surface area (Å²) in [5.74, 6) is 0.553. The first kappa shape index (κ1) is 9.90. The lowest BCUT2D eigenvalue weighted by Crippen LogP contribution is -1.93. The van der Waals surface area contributed by atoms with E-state index in [1.165, 1.54) is 6.08 Å². The fraction of sp³-hybridized carbons (Fsp3) is 0.600. The minimum absolute atomic E-state index is 0.553. The number of alkyl halides is 4. The van der Waals surface area contributed by atoms with Crippen LogP contribution < -0.4 is 0 Å². The van der Waals surface area contributed by atoms with Crippen LogP contribution in [0.4, 0.5) is 0 Å². The molecule has 0 aliphatic heterocycles. The summed E-state index contributed by atoms with van der Waals surface area (Å²) in [4.78, 5) is 0. The van der Waals surface area contributed by atoms with Gasteiger partial charge >= 0.3 is 0 Å². The van der Waals surface area contributed by atoms with E-state index in [1.54, 1.807) is 6.08 Å². The summed E-state index contributed by atoms with van der Waals surface area (Å²) in [5, 5.41) is 0. The molecule has 9 heavy (non-hydrogen) atoms. The SMILES string of the molecule is ClCCC=CC(Cl)(Cl)Cl. The van der Waals surface area contributed by atoms with Crippen molar-refractivity contribution in [3.8, 4) is 0 Å². The summed E-state index contributed by atoms with van der Waals surface area (Å²) in [6, 6.07) is 0. The fourth-order valence-electron chi connectivity index (χ4n) is 0.280. The predicted octanol–water partition coefficient (Wildman–Crippen LogP) is 3.54. The lowest BCUT2D eigenvalue weighted by Gasteiger charge is -2.00. The van der Waals surface area contributed by atoms with Gasteiger partial charge in [-0.3, -0.25) is 0 Å². The van der Waals surface area contributed by atoms with Gasteiger partial charge in [0, 0.05) is 5.88 Å². The third kappa shape index (κ3) is 8.90. The molecule has 0 heterocycles. The molecule has 0 saturated carbocycles. The Bertz CT molecular complexity index is 91.6. The summed E-state index contributed by atoms with van der Waals surface area (Å²) in [7, 11) is 0. The van der Waals surface area contributed by atoms with Gasteiger partial charge in [-0.25, -0.2) is 0 Å². The molecule has 0 unspecified atom stereocenters. The van der Waals surface area contributed by atoms with Gasteiger partial charge in [-0.15, -0.1) is 11.6 Å². The molecule has 0 radical (unpaired) electrons. The Morgan fingerprint density at radius 3 is 2.11 bits per heavy atom. The van der Waals surface area contributed by atoms with E-state index in [4.69, 9.17) is 46.4 Å². The van der Waals surface area contributed by atoms with Crippen LogP contribution in [-0.2, 0) is 0 Å². The lowest BCUT2D eigenvalue weighted by atomic mass is 10.4. The van der Waals surface area contributed by atoms with Crippen molar-refractivity contribution in [3.63, 3.8) is 0 Å². The van der Waals surface area contributed by atoms with Crippen LogP contribution >= 0.6 is 46.4 Å². The number of rotatable bonds is 2. The minimum atomic E-state index is -1.27. The highest BCUT2D eigenvalue weighted by atomic mass is 35.6. The maximum absolute atomic E-state index is 5.37. The van der Waals surface area contributed by atoms with Crippen molar-refractivity contribution in [1.82, 2.24) is 0 Å². The highest BCUT2D eigenvalue weighted by Gasteiger charge is 2.12. The van der Waals surface area contributed by atoms with Crippen LogP contribution in [0.3, 0.4) is 0 Å². The third-order valence-corrected chi connectivity index (χ3v) is 1.18. The zero-order valence-electron chi connectivity index (χ0n) is 4.58. The number of hydrogen-bond acceptors (Lipinski definition) is 0. The van der Waals surface area contributed by atoms with E-state index in [1.807, 2.05) is 0 Å². The molecular weight excluding hydrogens is 202 g/mol. The van der Waals surface area contributed by atoms with E-state index in [2.05, 4.69) is 0 Å². The summed E-state index contributed by atoms with van der Waals surface area (Å²) in [6.45, 7) is 0. The maximum Gasteiger partial charge on any atom is 0.209 e. The highest BCUT2D eigenvalue weighted by Crippen LogP contribution is 2.27. The van der Waals surface area contributed by atoms with Gasteiger partial charge in [0.15, 0.2) is 0 Å². The quantitative estimate of drug-likeness (QED) is 0.480. The molecule has 0 aliphatic carbocycles. The molecule has 0 spiro atoms. The van der Waals surface area contributed by atoms with E-state index in [-0.39, 0.29) is 0 Å². The molecule has 0 aliphatic rings. The molecule has 0 aromatic heterocycles. The van der Waals surface area contributed by atoms with Gasteiger partial charge in [-0.1, -0.05) is 40.9 Å². The normalized spacial score (nSPS) is 12.9. The van der Waals surface area contributed by atoms with Crippen molar-refractivity contribution < 1.29 is 0 Å². The van der Waals surface area contributed by atoms with Crippen molar-refractivity contribution in [2.24, 2.45) is 0 Å². The fourth-order valence-corrected chi connectivity index (χ4v) is 0.673. The van der Waals surface area contributed by atoms with Gasteiger partial charge < -0.3 is 0 Å². The Kier molecular flexibility index (Phi) is 5.14. The standard InChI is InChI=1S/C5H6Cl4/c6-4-2-1-3-5(7,8)9/h1,3H,2,4H2. The summed E-state index contributed by atoms with van der Waals surface area (Å²) >= 11 is 21.5. The van der Waals surface area contributed by atoms with Crippen molar-refractivity contribution in [2.45, 2.75) is 10.2 Å². The molecule has 0 atom stereocenters. The predicted molar refractivity (Wildman–Crippen MR) is 44.8 cm³/mol. The van der Waals surface area contributed by atoms with Crippen molar-refractivity contribution in [3.05, 3.63) is 12.2 Å². The number of hydrogen-bond donors (Lipinski definition) is 0. The average Bonchev–Trinajstić information content (AvgIpc) is 1.63. The Morgan fingerprint density at radius 2 is 1.78 bits per heavy atom. The van der Waals surface area contributed by atoms with Crippen LogP contribution in [0.15, 0.2) is 12.2 Å². The van der Waals surface area contributed by atoms with Gasteiger partial charge in [0.1, 0.15) is 0 Å². The number of allylic oxidation sites excluding steroid dienone is 2. The first-order valence-corrected chi connectivity index (χ1v) is 4.03. The zero-order valence-corrected chi connectivity index (χ0v) is 7.60. The highest BCUT2D eigenvalue weighted by molar-refractivity contribution is 6.68. The van der Waals surface area contributed by atoms with Crippen LogP contribution in [0, 0.1) is 0 Å². The van der Waals surface area contributed by atoms with Gasteiger partial charge in [0.05, 0.1) is 0 Å². The molecule has 0 fully saturated rings. The third-order valence-electron chi connectivity index (χ3n) is 0.583. The molecule has 0 nitrogen and oxygen atoms in total. The topological polar surface area (TPSA) is 0 Å². The molecule has 4 heteroatoms. The molecule has 0 saturated heterocycles. The van der Waals surface area contributed by atoms with E-state index < -0.39 is 3.79 Å². The molecule has 0 amide bonds. The molecule has 0 rings (SSSR count). The van der Waals surface area contributed by atoms with Crippen molar-refractivity contribution >= 4 is 46.4 Å². The minimum Gasteiger partial charge on any atom is -0.126 e. The Labute approximate surface area is 74.7 Å². The van der Waals surface area contributed by atoms with Gasteiger partial charge in [0.25, 0.3) is 0 Å². The molecule has 0 bridgehead atoms. The molecule has 0 N–H and O–H groups in total. The van der Waals surface area contributed by atoms with Crippen molar-refractivity contribution in [1.29, 1.82) is 0 Å². The maximum atomic E-state index is 5.37.